The summed E-state index contributed by atoms with van der Waals surface area (Å²) in [6.07, 6.45) is 1.53. The summed E-state index contributed by atoms with van der Waals surface area (Å²) in [6.45, 7) is 1.66. The number of hydrazone groups is 1. The predicted octanol–water partition coefficient (Wildman–Crippen LogP) is 5.00. The number of hydrogen-bond donors (Lipinski definition) is 1. The smallest absolute Gasteiger partial charge is 0.335 e. The van der Waals surface area contributed by atoms with Crippen molar-refractivity contribution in [3.63, 3.8) is 0 Å². The fourth-order valence-electron chi connectivity index (χ4n) is 3.34. The SMILES string of the molecule is C.COc1cc([N+](=O)[O-])ccc1-c1ccc(/C=C2\C(=O)N(c3cccc(C(=O)O)c3)N=C2C)o1. The minimum atomic E-state index is -1.11. The molecule has 34 heavy (non-hydrogen) atoms. The number of carboxylic acid groups (broad SMARTS) is 1. The maximum absolute atomic E-state index is 13.0. The van der Waals surface area contributed by atoms with Gasteiger partial charge in [0, 0.05) is 6.07 Å². The molecule has 4 rings (SSSR count). The summed E-state index contributed by atoms with van der Waals surface area (Å²) in [5.41, 5.74) is 1.50. The number of ether oxygens (including phenoxy) is 1. The summed E-state index contributed by atoms with van der Waals surface area (Å²) < 4.78 is 11.1. The maximum atomic E-state index is 13.0. The lowest BCUT2D eigenvalue weighted by molar-refractivity contribution is -0.384. The van der Waals surface area contributed by atoms with Gasteiger partial charge in [0.25, 0.3) is 11.6 Å². The number of methoxy groups -OCH3 is 1. The molecular formula is C24H21N3O7. The van der Waals surface area contributed by atoms with Gasteiger partial charge in [-0.1, -0.05) is 13.5 Å². The van der Waals surface area contributed by atoms with Gasteiger partial charge < -0.3 is 14.3 Å². The van der Waals surface area contributed by atoms with Crippen LogP contribution in [0.1, 0.15) is 30.5 Å². The van der Waals surface area contributed by atoms with Crippen molar-refractivity contribution < 1.29 is 28.8 Å². The Morgan fingerprint density at radius 3 is 2.65 bits per heavy atom. The molecule has 0 aliphatic carbocycles. The first-order chi connectivity index (χ1) is 15.8. The largest absolute Gasteiger partial charge is 0.496 e. The number of carboxylic acids is 1. The van der Waals surface area contributed by atoms with E-state index >= 15 is 0 Å². The van der Waals surface area contributed by atoms with Crippen LogP contribution >= 0.6 is 0 Å². The number of anilines is 1. The van der Waals surface area contributed by atoms with Crippen molar-refractivity contribution in [2.24, 2.45) is 5.10 Å². The quantitative estimate of drug-likeness (QED) is 0.308. The van der Waals surface area contributed by atoms with E-state index in [1.54, 1.807) is 25.1 Å². The summed E-state index contributed by atoms with van der Waals surface area (Å²) in [5.74, 6) is -0.494. The second-order valence-electron chi connectivity index (χ2n) is 7.06. The van der Waals surface area contributed by atoms with Gasteiger partial charge in [-0.25, -0.2) is 4.79 Å². The highest BCUT2D eigenvalue weighted by Gasteiger charge is 2.29. The molecule has 1 aromatic heterocycles. The van der Waals surface area contributed by atoms with Gasteiger partial charge in [-0.3, -0.25) is 14.9 Å². The Labute approximate surface area is 194 Å². The first kappa shape index (κ1) is 23.9. The minimum Gasteiger partial charge on any atom is -0.496 e. The molecule has 0 unspecified atom stereocenters. The number of amides is 1. The zero-order chi connectivity index (χ0) is 23.7. The van der Waals surface area contributed by atoms with Gasteiger partial charge in [0.2, 0.25) is 0 Å². The Hall–Kier alpha value is -4.73. The molecule has 0 saturated carbocycles. The third-order valence-corrected chi connectivity index (χ3v) is 4.98. The van der Waals surface area contributed by atoms with Crippen LogP contribution in [0.25, 0.3) is 17.4 Å². The Morgan fingerprint density at radius 1 is 1.21 bits per heavy atom. The molecule has 2 heterocycles. The number of nitrogens with zero attached hydrogens (tertiary/aromatic N) is 3. The summed E-state index contributed by atoms with van der Waals surface area (Å²) >= 11 is 0. The molecule has 0 radical (unpaired) electrons. The van der Waals surface area contributed by atoms with Crippen LogP contribution in [0.5, 0.6) is 5.75 Å². The molecule has 1 amide bonds. The predicted molar refractivity (Wildman–Crippen MR) is 126 cm³/mol. The second-order valence-corrected chi connectivity index (χ2v) is 7.06. The van der Waals surface area contributed by atoms with Crippen molar-refractivity contribution in [1.29, 1.82) is 0 Å². The number of non-ortho nitro benzene ring substituents is 1. The lowest BCUT2D eigenvalue weighted by atomic mass is 10.1. The second kappa shape index (κ2) is 9.41. The monoisotopic (exact) mass is 463 g/mol. The van der Waals surface area contributed by atoms with Gasteiger partial charge in [-0.15, -0.1) is 0 Å². The highest BCUT2D eigenvalue weighted by atomic mass is 16.6. The van der Waals surface area contributed by atoms with E-state index < -0.39 is 16.8 Å². The number of hydrogen-bond acceptors (Lipinski definition) is 7. The molecule has 0 saturated heterocycles. The van der Waals surface area contributed by atoms with Crippen LogP contribution < -0.4 is 9.75 Å². The number of benzene rings is 2. The Morgan fingerprint density at radius 2 is 1.97 bits per heavy atom. The topological polar surface area (TPSA) is 135 Å². The van der Waals surface area contributed by atoms with Crippen molar-refractivity contribution in [3.8, 4) is 17.1 Å². The average Bonchev–Trinajstić information content (AvgIpc) is 3.38. The summed E-state index contributed by atoms with van der Waals surface area (Å²) in [5, 5.41) is 25.6. The molecule has 0 fully saturated rings. The highest BCUT2D eigenvalue weighted by Crippen LogP contribution is 2.35. The molecular weight excluding hydrogens is 442 g/mol. The van der Waals surface area contributed by atoms with E-state index in [-0.39, 0.29) is 30.0 Å². The van der Waals surface area contributed by atoms with E-state index in [4.69, 9.17) is 9.15 Å². The minimum absolute atomic E-state index is 0. The number of aromatic carboxylic acids is 1. The molecule has 10 heteroatoms. The lowest BCUT2D eigenvalue weighted by Crippen LogP contribution is -2.21. The zero-order valence-electron chi connectivity index (χ0n) is 17.5. The molecule has 1 N–H and O–H groups in total. The Kier molecular flexibility index (Phi) is 6.62. The van der Waals surface area contributed by atoms with Crippen molar-refractivity contribution in [2.45, 2.75) is 14.4 Å². The summed E-state index contributed by atoms with van der Waals surface area (Å²) in [7, 11) is 1.40. The van der Waals surface area contributed by atoms with Gasteiger partial charge in [-0.05, 0) is 49.4 Å². The van der Waals surface area contributed by atoms with E-state index in [0.717, 1.165) is 5.01 Å². The maximum Gasteiger partial charge on any atom is 0.335 e. The van der Waals surface area contributed by atoms with Crippen molar-refractivity contribution in [1.82, 2.24) is 0 Å². The summed E-state index contributed by atoms with van der Waals surface area (Å²) in [4.78, 5) is 34.7. The Bertz CT molecular complexity index is 1350. The van der Waals surface area contributed by atoms with Crippen LogP contribution in [0.15, 0.2) is 69.7 Å². The number of nitro benzene ring substituents is 1. The molecule has 1 aliphatic heterocycles. The van der Waals surface area contributed by atoms with Gasteiger partial charge in [-0.2, -0.15) is 10.1 Å². The number of nitro groups is 1. The van der Waals surface area contributed by atoms with E-state index in [0.29, 0.717) is 28.5 Å². The van der Waals surface area contributed by atoms with Crippen molar-refractivity contribution >= 4 is 35.0 Å². The highest BCUT2D eigenvalue weighted by molar-refractivity contribution is 6.32. The van der Waals surface area contributed by atoms with Gasteiger partial charge in [0.15, 0.2) is 0 Å². The first-order valence-corrected chi connectivity index (χ1v) is 9.66. The third-order valence-electron chi connectivity index (χ3n) is 4.98. The van der Waals surface area contributed by atoms with Crippen LogP contribution in [-0.2, 0) is 4.79 Å². The van der Waals surface area contributed by atoms with Gasteiger partial charge in [0.1, 0.15) is 17.3 Å². The van der Waals surface area contributed by atoms with Crippen LogP contribution in [0.2, 0.25) is 0 Å². The van der Waals surface area contributed by atoms with E-state index in [1.807, 2.05) is 0 Å². The molecule has 174 valence electrons. The van der Waals surface area contributed by atoms with Gasteiger partial charge in [0.05, 0.1) is 46.2 Å². The van der Waals surface area contributed by atoms with Crippen LogP contribution in [0.3, 0.4) is 0 Å². The van der Waals surface area contributed by atoms with Crippen molar-refractivity contribution in [3.05, 3.63) is 81.6 Å². The van der Waals surface area contributed by atoms with E-state index in [1.165, 1.54) is 49.6 Å². The molecule has 10 nitrogen and oxygen atoms in total. The Balaban J connectivity index is 0.00000324. The molecule has 2 aromatic carbocycles. The number of carbonyl (C=O) groups excluding carboxylic acids is 1. The normalized spacial score (nSPS) is 14.1. The number of rotatable bonds is 6. The number of furan rings is 1. The third kappa shape index (κ3) is 4.42. The average molecular weight is 463 g/mol. The van der Waals surface area contributed by atoms with Crippen molar-refractivity contribution in [2.75, 3.05) is 12.1 Å². The molecule has 0 atom stereocenters. The standard InChI is InChI=1S/C23H17N3O7.CH4/c1-13-19(22(27)25(24-13)15-5-3-4-14(10-15)23(28)29)12-17-7-9-20(33-17)18-8-6-16(26(30)31)11-21(18)32-2;/h3-12H,1-2H3,(H,28,29);1H4/b19-12-;. The molecule has 0 spiro atoms. The number of carbonyl (C=O) groups is 2. The van der Waals surface area contributed by atoms with Gasteiger partial charge >= 0.3 is 5.97 Å². The summed E-state index contributed by atoms with van der Waals surface area (Å²) in [6, 6.07) is 13.4. The van der Waals surface area contributed by atoms with E-state index in [2.05, 4.69) is 5.10 Å². The lowest BCUT2D eigenvalue weighted by Gasteiger charge is -2.12. The fraction of sp³-hybridized carbons (Fsp3) is 0.125. The van der Waals surface area contributed by atoms with E-state index in [9.17, 15) is 24.8 Å². The molecule has 0 bridgehead atoms. The fourth-order valence-corrected chi connectivity index (χ4v) is 3.34. The van der Waals surface area contributed by atoms with Crippen LogP contribution in [0.4, 0.5) is 11.4 Å². The molecule has 1 aliphatic rings. The van der Waals surface area contributed by atoms with Crippen LogP contribution in [-0.4, -0.2) is 34.7 Å². The first-order valence-electron chi connectivity index (χ1n) is 9.66. The molecule has 3 aromatic rings. The van der Waals surface area contributed by atoms with Crippen LogP contribution in [0, 0.1) is 10.1 Å². The zero-order valence-corrected chi connectivity index (χ0v) is 17.5.